The van der Waals surface area contributed by atoms with Gasteiger partial charge in [-0.25, -0.2) is 0 Å². The molecule has 0 unspecified atom stereocenters. The van der Waals surface area contributed by atoms with E-state index in [1.54, 1.807) is 6.07 Å². The predicted molar refractivity (Wildman–Crippen MR) is 81.3 cm³/mol. The van der Waals surface area contributed by atoms with Gasteiger partial charge in [0, 0.05) is 5.41 Å². The summed E-state index contributed by atoms with van der Waals surface area (Å²) in [4.78, 5) is 0. The Bertz CT molecular complexity index is 554. The van der Waals surface area contributed by atoms with Crippen LogP contribution in [0.5, 0.6) is 0 Å². The summed E-state index contributed by atoms with van der Waals surface area (Å²) in [5, 5.41) is 19.2. The molecule has 2 N–H and O–H groups in total. The topological polar surface area (TPSA) is 40.5 Å². The van der Waals surface area contributed by atoms with E-state index in [-0.39, 0.29) is 5.41 Å². The molecule has 0 aliphatic heterocycles. The van der Waals surface area contributed by atoms with Crippen LogP contribution >= 0.6 is 0 Å². The highest BCUT2D eigenvalue weighted by Crippen LogP contribution is 2.48. The van der Waals surface area contributed by atoms with E-state index in [9.17, 15) is 10.0 Å². The number of hydrogen-bond donors (Lipinski definition) is 2. The summed E-state index contributed by atoms with van der Waals surface area (Å²) in [6.45, 7) is 8.51. The molecule has 0 spiro atoms. The van der Waals surface area contributed by atoms with E-state index < -0.39 is 7.12 Å². The minimum atomic E-state index is -1.43. The first-order chi connectivity index (χ1) is 8.95. The van der Waals surface area contributed by atoms with Gasteiger partial charge in [0.05, 0.1) is 0 Å². The maximum Gasteiger partial charge on any atom is 0.489 e. The van der Waals surface area contributed by atoms with E-state index in [1.165, 1.54) is 11.1 Å². The molecule has 2 nitrogen and oxygen atoms in total. The van der Waals surface area contributed by atoms with Gasteiger partial charge < -0.3 is 10.0 Å². The van der Waals surface area contributed by atoms with E-state index in [1.807, 2.05) is 13.0 Å². The first kappa shape index (κ1) is 14.1. The van der Waals surface area contributed by atoms with Crippen molar-refractivity contribution >= 4 is 18.2 Å². The largest absolute Gasteiger partial charge is 0.489 e. The maximum absolute atomic E-state index is 9.60. The van der Waals surface area contributed by atoms with Crippen molar-refractivity contribution in [2.45, 2.75) is 39.5 Å². The lowest BCUT2D eigenvalue weighted by Crippen LogP contribution is -2.33. The van der Waals surface area contributed by atoms with Crippen LogP contribution in [-0.2, 0) is 5.41 Å². The Balaban J connectivity index is 2.78. The fourth-order valence-corrected chi connectivity index (χ4v) is 3.09. The number of benzene rings is 1. The molecule has 1 aliphatic carbocycles. The van der Waals surface area contributed by atoms with Gasteiger partial charge in [0.1, 0.15) is 0 Å². The molecule has 0 aromatic heterocycles. The predicted octanol–water partition coefficient (Wildman–Crippen LogP) is 2.40. The van der Waals surface area contributed by atoms with Gasteiger partial charge in [0.25, 0.3) is 0 Å². The van der Waals surface area contributed by atoms with Crippen molar-refractivity contribution in [3.63, 3.8) is 0 Å². The number of allylic oxidation sites excluding steroid dienone is 4. The molecule has 0 amide bonds. The average molecular weight is 256 g/mol. The average Bonchev–Trinajstić information content (AvgIpc) is 2.58. The quantitative estimate of drug-likeness (QED) is 0.798. The maximum atomic E-state index is 9.60. The fraction of sp³-hybridized carbons (Fsp3) is 0.375. The van der Waals surface area contributed by atoms with E-state index >= 15 is 0 Å². The third kappa shape index (κ3) is 2.07. The molecule has 100 valence electrons. The van der Waals surface area contributed by atoms with Gasteiger partial charge in [0.2, 0.25) is 0 Å². The van der Waals surface area contributed by atoms with Crippen LogP contribution in [0.25, 0.3) is 5.57 Å². The lowest BCUT2D eigenvalue weighted by molar-refractivity contribution is 0.425. The van der Waals surface area contributed by atoms with Crippen molar-refractivity contribution in [2.24, 2.45) is 0 Å². The highest BCUT2D eigenvalue weighted by Gasteiger charge is 2.39. The first-order valence-corrected chi connectivity index (χ1v) is 6.82. The Hall–Kier alpha value is -1.32. The molecule has 0 radical (unpaired) electrons. The van der Waals surface area contributed by atoms with Gasteiger partial charge in [-0.1, -0.05) is 51.1 Å². The second-order valence-corrected chi connectivity index (χ2v) is 5.50. The standard InChI is InChI=1S/C16H21BO2/c1-5-8-12-11(6-2)15-13(16(12,3)4)9-7-10-14(15)17(18)19/h6-10,18-19H,5H2,1-4H3/b11-6+,12-8+. The second-order valence-electron chi connectivity index (χ2n) is 5.50. The van der Waals surface area contributed by atoms with Gasteiger partial charge >= 0.3 is 7.12 Å². The van der Waals surface area contributed by atoms with Gasteiger partial charge in [-0.2, -0.15) is 0 Å². The summed E-state index contributed by atoms with van der Waals surface area (Å²) >= 11 is 0. The van der Waals surface area contributed by atoms with Crippen LogP contribution < -0.4 is 5.46 Å². The number of fused-ring (bicyclic) bond motifs is 1. The Kier molecular flexibility index (Phi) is 3.70. The SMILES string of the molecule is C/C=C1\C(=C/CC)C(C)(C)c2cccc(B(O)O)c21. The van der Waals surface area contributed by atoms with Gasteiger partial charge in [-0.15, -0.1) is 0 Å². The summed E-state index contributed by atoms with van der Waals surface area (Å²) in [5.74, 6) is 0. The molecule has 1 aromatic rings. The van der Waals surface area contributed by atoms with E-state index in [0.717, 1.165) is 17.6 Å². The Morgan fingerprint density at radius 2 is 1.95 bits per heavy atom. The van der Waals surface area contributed by atoms with Crippen molar-refractivity contribution in [1.29, 1.82) is 0 Å². The summed E-state index contributed by atoms with van der Waals surface area (Å²) < 4.78 is 0. The van der Waals surface area contributed by atoms with Crippen molar-refractivity contribution in [2.75, 3.05) is 0 Å². The van der Waals surface area contributed by atoms with E-state index in [2.05, 4.69) is 39.0 Å². The summed E-state index contributed by atoms with van der Waals surface area (Å²) in [6, 6.07) is 5.77. The molecule has 0 saturated carbocycles. The summed E-state index contributed by atoms with van der Waals surface area (Å²) in [7, 11) is -1.43. The third-order valence-electron chi connectivity index (χ3n) is 3.98. The molecule has 0 fully saturated rings. The van der Waals surface area contributed by atoms with Gasteiger partial charge in [0.15, 0.2) is 0 Å². The first-order valence-electron chi connectivity index (χ1n) is 6.82. The Morgan fingerprint density at radius 1 is 1.26 bits per heavy atom. The molecular formula is C16H21BO2. The van der Waals surface area contributed by atoms with Crippen LogP contribution in [0.1, 0.15) is 45.2 Å². The molecule has 1 aromatic carbocycles. The molecule has 19 heavy (non-hydrogen) atoms. The molecule has 2 rings (SSSR count). The monoisotopic (exact) mass is 256 g/mol. The fourth-order valence-electron chi connectivity index (χ4n) is 3.09. The zero-order chi connectivity index (χ0) is 14.2. The smallest absolute Gasteiger partial charge is 0.423 e. The van der Waals surface area contributed by atoms with Crippen molar-refractivity contribution < 1.29 is 10.0 Å². The van der Waals surface area contributed by atoms with Crippen LogP contribution in [0.2, 0.25) is 0 Å². The Labute approximate surface area is 115 Å². The summed E-state index contributed by atoms with van der Waals surface area (Å²) in [5.41, 5.74) is 5.08. The van der Waals surface area contributed by atoms with Gasteiger partial charge in [-0.05, 0) is 41.1 Å². The van der Waals surface area contributed by atoms with Crippen LogP contribution in [-0.4, -0.2) is 17.2 Å². The summed E-state index contributed by atoms with van der Waals surface area (Å²) in [6.07, 6.45) is 5.28. The highest BCUT2D eigenvalue weighted by atomic mass is 16.4. The normalized spacial score (nSPS) is 20.9. The molecule has 0 heterocycles. The number of rotatable bonds is 2. The van der Waals surface area contributed by atoms with Crippen molar-refractivity contribution in [1.82, 2.24) is 0 Å². The highest BCUT2D eigenvalue weighted by molar-refractivity contribution is 6.60. The molecule has 0 bridgehead atoms. The zero-order valence-electron chi connectivity index (χ0n) is 12.1. The minimum absolute atomic E-state index is 0.0852. The second kappa shape index (κ2) is 4.99. The molecule has 3 heteroatoms. The Morgan fingerprint density at radius 3 is 2.47 bits per heavy atom. The lowest BCUT2D eigenvalue weighted by Gasteiger charge is -2.22. The molecular weight excluding hydrogens is 235 g/mol. The van der Waals surface area contributed by atoms with Crippen LogP contribution in [0.4, 0.5) is 0 Å². The number of hydrogen-bond acceptors (Lipinski definition) is 2. The van der Waals surface area contributed by atoms with Crippen LogP contribution in [0.15, 0.2) is 35.9 Å². The zero-order valence-corrected chi connectivity index (χ0v) is 12.1. The van der Waals surface area contributed by atoms with E-state index in [0.29, 0.717) is 5.46 Å². The van der Waals surface area contributed by atoms with Crippen molar-refractivity contribution in [3.8, 4) is 0 Å². The molecule has 1 aliphatic rings. The molecule has 0 saturated heterocycles. The molecule has 0 atom stereocenters. The van der Waals surface area contributed by atoms with Crippen LogP contribution in [0, 0.1) is 0 Å². The minimum Gasteiger partial charge on any atom is -0.423 e. The van der Waals surface area contributed by atoms with E-state index in [4.69, 9.17) is 0 Å². The third-order valence-corrected chi connectivity index (χ3v) is 3.98. The van der Waals surface area contributed by atoms with Crippen LogP contribution in [0.3, 0.4) is 0 Å². The van der Waals surface area contributed by atoms with Crippen molar-refractivity contribution in [3.05, 3.63) is 47.1 Å². The lowest BCUT2D eigenvalue weighted by atomic mass is 9.74. The van der Waals surface area contributed by atoms with Gasteiger partial charge in [-0.3, -0.25) is 0 Å².